The number of nitrogens with zero attached hydrogens (tertiary/aromatic N) is 2. The summed E-state index contributed by atoms with van der Waals surface area (Å²) in [5.74, 6) is 0.0216. The second kappa shape index (κ2) is 6.03. The molecule has 0 aromatic carbocycles. The third kappa shape index (κ3) is 2.98. The lowest BCUT2D eigenvalue weighted by Crippen LogP contribution is -2.48. The third-order valence-electron chi connectivity index (χ3n) is 3.77. The van der Waals surface area contributed by atoms with Crippen molar-refractivity contribution in [1.29, 1.82) is 0 Å². The molecule has 0 spiro atoms. The van der Waals surface area contributed by atoms with Crippen molar-refractivity contribution in [3.05, 3.63) is 30.1 Å². The molecule has 2 rings (SSSR count). The monoisotopic (exact) mass is 275 g/mol. The molecule has 0 bridgehead atoms. The lowest BCUT2D eigenvalue weighted by Gasteiger charge is -2.31. The van der Waals surface area contributed by atoms with E-state index >= 15 is 0 Å². The molecule has 0 saturated carbocycles. The molecule has 0 radical (unpaired) electrons. The van der Waals surface area contributed by atoms with Crippen molar-refractivity contribution >= 4 is 11.8 Å². The molecule has 1 aliphatic heterocycles. The van der Waals surface area contributed by atoms with Crippen LogP contribution in [0.2, 0.25) is 0 Å². The van der Waals surface area contributed by atoms with Gasteiger partial charge in [0, 0.05) is 25.4 Å². The molecule has 2 amide bonds. The molecule has 5 nitrogen and oxygen atoms in total. The second-order valence-electron chi connectivity index (χ2n) is 5.53. The Bertz CT molecular complexity index is 487. The molecule has 108 valence electrons. The van der Waals surface area contributed by atoms with Gasteiger partial charge < -0.3 is 10.2 Å². The lowest BCUT2D eigenvalue weighted by molar-refractivity contribution is -0.136. The summed E-state index contributed by atoms with van der Waals surface area (Å²) in [7, 11) is 0. The standard InChI is InChI=1S/C15H21N3O2/c1-10(2)14-15(20)18(9-6-13(19)17-14)11(3)12-4-7-16-8-5-12/h4-5,7-8,10-11,14H,6,9H2,1-3H3,(H,17,19). The van der Waals surface area contributed by atoms with Crippen LogP contribution >= 0.6 is 0 Å². The van der Waals surface area contributed by atoms with Crippen LogP contribution in [0.1, 0.15) is 38.8 Å². The summed E-state index contributed by atoms with van der Waals surface area (Å²) >= 11 is 0. The highest BCUT2D eigenvalue weighted by molar-refractivity contribution is 5.90. The molecule has 2 unspecified atom stereocenters. The number of carbonyl (C=O) groups is 2. The molecule has 5 heteroatoms. The van der Waals surface area contributed by atoms with E-state index in [0.717, 1.165) is 5.56 Å². The average molecular weight is 275 g/mol. The number of pyridine rings is 1. The van der Waals surface area contributed by atoms with Crippen LogP contribution in [-0.2, 0) is 9.59 Å². The summed E-state index contributed by atoms with van der Waals surface area (Å²) in [6, 6.07) is 3.32. The van der Waals surface area contributed by atoms with E-state index < -0.39 is 6.04 Å². The Balaban J connectivity index is 2.25. The highest BCUT2D eigenvalue weighted by Crippen LogP contribution is 2.23. The first kappa shape index (κ1) is 14.5. The van der Waals surface area contributed by atoms with Crippen LogP contribution in [0, 0.1) is 5.92 Å². The molecule has 1 saturated heterocycles. The smallest absolute Gasteiger partial charge is 0.245 e. The molecule has 20 heavy (non-hydrogen) atoms. The maximum atomic E-state index is 12.6. The highest BCUT2D eigenvalue weighted by Gasteiger charge is 2.34. The van der Waals surface area contributed by atoms with E-state index in [0.29, 0.717) is 13.0 Å². The van der Waals surface area contributed by atoms with Crippen molar-refractivity contribution in [2.24, 2.45) is 5.92 Å². The van der Waals surface area contributed by atoms with Crippen LogP contribution in [0.5, 0.6) is 0 Å². The molecular weight excluding hydrogens is 254 g/mol. The van der Waals surface area contributed by atoms with Gasteiger partial charge in [-0.25, -0.2) is 0 Å². The number of rotatable bonds is 3. The largest absolute Gasteiger partial charge is 0.344 e. The minimum absolute atomic E-state index is 0.00448. The first-order chi connectivity index (χ1) is 9.50. The van der Waals surface area contributed by atoms with Crippen molar-refractivity contribution in [3.8, 4) is 0 Å². The number of carbonyl (C=O) groups excluding carboxylic acids is 2. The average Bonchev–Trinajstić information content (AvgIpc) is 2.59. The van der Waals surface area contributed by atoms with Crippen LogP contribution in [0.15, 0.2) is 24.5 Å². The molecule has 2 heterocycles. The fourth-order valence-corrected chi connectivity index (χ4v) is 2.48. The van der Waals surface area contributed by atoms with Gasteiger partial charge in [0.2, 0.25) is 11.8 Å². The Kier molecular flexibility index (Phi) is 4.37. The molecule has 1 aliphatic rings. The summed E-state index contributed by atoms with van der Waals surface area (Å²) in [6.45, 7) is 6.34. The van der Waals surface area contributed by atoms with E-state index in [2.05, 4.69) is 10.3 Å². The van der Waals surface area contributed by atoms with E-state index in [1.165, 1.54) is 0 Å². The Morgan fingerprint density at radius 3 is 2.50 bits per heavy atom. The van der Waals surface area contributed by atoms with Gasteiger partial charge in [0.25, 0.3) is 0 Å². The molecule has 1 fully saturated rings. The minimum atomic E-state index is -0.436. The van der Waals surface area contributed by atoms with Gasteiger partial charge in [-0.2, -0.15) is 0 Å². The van der Waals surface area contributed by atoms with Crippen LogP contribution in [-0.4, -0.2) is 34.3 Å². The summed E-state index contributed by atoms with van der Waals surface area (Å²) in [4.78, 5) is 30.2. The third-order valence-corrected chi connectivity index (χ3v) is 3.77. The summed E-state index contributed by atoms with van der Waals surface area (Å²) in [5.41, 5.74) is 1.03. The predicted molar refractivity (Wildman–Crippen MR) is 75.8 cm³/mol. The van der Waals surface area contributed by atoms with Crippen molar-refractivity contribution in [2.75, 3.05) is 6.54 Å². The van der Waals surface area contributed by atoms with Gasteiger partial charge in [0.1, 0.15) is 6.04 Å². The van der Waals surface area contributed by atoms with Crippen LogP contribution in [0.25, 0.3) is 0 Å². The predicted octanol–water partition coefficient (Wildman–Crippen LogP) is 1.52. The van der Waals surface area contributed by atoms with Crippen LogP contribution in [0.3, 0.4) is 0 Å². The van der Waals surface area contributed by atoms with Gasteiger partial charge in [-0.15, -0.1) is 0 Å². The Labute approximate surface area is 119 Å². The van der Waals surface area contributed by atoms with Crippen LogP contribution in [0.4, 0.5) is 0 Å². The zero-order chi connectivity index (χ0) is 14.7. The quantitative estimate of drug-likeness (QED) is 0.909. The van der Waals surface area contributed by atoms with Crippen molar-refractivity contribution in [2.45, 2.75) is 39.3 Å². The fraction of sp³-hybridized carbons (Fsp3) is 0.533. The Morgan fingerprint density at radius 1 is 1.25 bits per heavy atom. The first-order valence-electron chi connectivity index (χ1n) is 7.00. The van der Waals surface area contributed by atoms with Gasteiger partial charge in [-0.3, -0.25) is 14.6 Å². The molecule has 1 N–H and O–H groups in total. The zero-order valence-electron chi connectivity index (χ0n) is 12.2. The number of hydrogen-bond acceptors (Lipinski definition) is 3. The van der Waals surface area contributed by atoms with E-state index in [4.69, 9.17) is 0 Å². The highest BCUT2D eigenvalue weighted by atomic mass is 16.2. The van der Waals surface area contributed by atoms with E-state index in [-0.39, 0.29) is 23.8 Å². The van der Waals surface area contributed by atoms with Gasteiger partial charge in [0.15, 0.2) is 0 Å². The maximum Gasteiger partial charge on any atom is 0.245 e. The lowest BCUT2D eigenvalue weighted by atomic mass is 10.0. The van der Waals surface area contributed by atoms with Crippen molar-refractivity contribution in [1.82, 2.24) is 15.2 Å². The SMILES string of the molecule is CC(C)C1NC(=O)CCN(C(C)c2ccncc2)C1=O. The number of aromatic nitrogens is 1. The number of hydrogen-bond donors (Lipinski definition) is 1. The second-order valence-corrected chi connectivity index (χ2v) is 5.53. The van der Waals surface area contributed by atoms with Gasteiger partial charge >= 0.3 is 0 Å². The molecule has 1 aromatic heterocycles. The zero-order valence-corrected chi connectivity index (χ0v) is 12.2. The molecule has 1 aromatic rings. The van der Waals surface area contributed by atoms with Gasteiger partial charge in [-0.05, 0) is 30.5 Å². The topological polar surface area (TPSA) is 62.3 Å². The molecular formula is C15H21N3O2. The fourth-order valence-electron chi connectivity index (χ4n) is 2.48. The Morgan fingerprint density at radius 2 is 1.90 bits per heavy atom. The van der Waals surface area contributed by atoms with E-state index in [9.17, 15) is 9.59 Å². The van der Waals surface area contributed by atoms with Gasteiger partial charge in [0.05, 0.1) is 6.04 Å². The van der Waals surface area contributed by atoms with E-state index in [1.807, 2.05) is 32.9 Å². The van der Waals surface area contributed by atoms with Crippen LogP contribution < -0.4 is 5.32 Å². The summed E-state index contributed by atoms with van der Waals surface area (Å²) in [5, 5.41) is 2.82. The first-order valence-corrected chi connectivity index (χ1v) is 7.00. The minimum Gasteiger partial charge on any atom is -0.344 e. The molecule has 2 atom stereocenters. The Hall–Kier alpha value is -1.91. The van der Waals surface area contributed by atoms with Gasteiger partial charge in [-0.1, -0.05) is 13.8 Å². The van der Waals surface area contributed by atoms with Crippen molar-refractivity contribution < 1.29 is 9.59 Å². The van der Waals surface area contributed by atoms with E-state index in [1.54, 1.807) is 17.3 Å². The molecule has 0 aliphatic carbocycles. The summed E-state index contributed by atoms with van der Waals surface area (Å²) in [6.07, 6.45) is 3.79. The summed E-state index contributed by atoms with van der Waals surface area (Å²) < 4.78 is 0. The van der Waals surface area contributed by atoms with Crippen molar-refractivity contribution in [3.63, 3.8) is 0 Å². The number of amides is 2. The maximum absolute atomic E-state index is 12.6. The number of nitrogens with one attached hydrogen (secondary N) is 1. The normalized spacial score (nSPS) is 21.6.